The highest BCUT2D eigenvalue weighted by atomic mass is 32.2. The van der Waals surface area contributed by atoms with Crippen molar-refractivity contribution >= 4 is 27.4 Å². The van der Waals surface area contributed by atoms with Crippen molar-refractivity contribution in [3.05, 3.63) is 96.7 Å². The molecule has 1 saturated heterocycles. The lowest BCUT2D eigenvalue weighted by molar-refractivity contribution is 0.0950. The van der Waals surface area contributed by atoms with Crippen molar-refractivity contribution in [1.82, 2.24) is 10.3 Å². The minimum absolute atomic E-state index is 0.0346. The van der Waals surface area contributed by atoms with Gasteiger partial charge in [0.25, 0.3) is 15.9 Å². The summed E-state index contributed by atoms with van der Waals surface area (Å²) < 4.78 is 33.4. The number of ether oxygens (including phenoxy) is 1. The van der Waals surface area contributed by atoms with Crippen LogP contribution < -0.4 is 14.5 Å². The minimum atomic E-state index is -3.90. The number of amides is 1. The molecule has 0 atom stereocenters. The Labute approximate surface area is 205 Å². The Bertz CT molecular complexity index is 1260. The van der Waals surface area contributed by atoms with Crippen molar-refractivity contribution in [3.63, 3.8) is 0 Å². The molecule has 3 aromatic rings. The molecule has 4 rings (SSSR count). The number of rotatable bonds is 9. The maximum Gasteiger partial charge on any atom is 0.264 e. The lowest BCUT2D eigenvalue weighted by Gasteiger charge is -2.27. The van der Waals surface area contributed by atoms with E-state index in [1.54, 1.807) is 42.6 Å². The van der Waals surface area contributed by atoms with Crippen molar-refractivity contribution in [3.8, 4) is 0 Å². The number of aromatic nitrogens is 1. The number of carbonyl (C=O) groups is 1. The molecule has 35 heavy (non-hydrogen) atoms. The number of para-hydroxylation sites is 1. The zero-order valence-corrected chi connectivity index (χ0v) is 20.2. The molecule has 0 spiro atoms. The number of carbonyl (C=O) groups excluding carboxylic acids is 1. The smallest absolute Gasteiger partial charge is 0.264 e. The SMILES string of the molecule is C=CCN(c1ccccc1)S(=O)(=O)c1cccc(C(=O)NCc2ccc(N3CCOCC3)nc2)c1. The van der Waals surface area contributed by atoms with Crippen LogP contribution in [-0.2, 0) is 21.3 Å². The molecular formula is C26H28N4O4S. The van der Waals surface area contributed by atoms with Crippen LogP contribution in [0.5, 0.6) is 0 Å². The molecule has 1 aliphatic rings. The third-order valence-electron chi connectivity index (χ3n) is 5.62. The van der Waals surface area contributed by atoms with E-state index in [9.17, 15) is 13.2 Å². The van der Waals surface area contributed by atoms with E-state index in [2.05, 4.69) is 21.8 Å². The molecule has 8 nitrogen and oxygen atoms in total. The Morgan fingerprint density at radius 1 is 1.09 bits per heavy atom. The summed E-state index contributed by atoms with van der Waals surface area (Å²) in [6.07, 6.45) is 3.26. The first kappa shape index (κ1) is 24.4. The molecule has 1 amide bonds. The topological polar surface area (TPSA) is 91.8 Å². The summed E-state index contributed by atoms with van der Waals surface area (Å²) in [5.74, 6) is 0.512. The fourth-order valence-corrected chi connectivity index (χ4v) is 5.25. The Hall–Kier alpha value is -3.69. The fourth-order valence-electron chi connectivity index (χ4n) is 3.76. The molecule has 0 bridgehead atoms. The third kappa shape index (κ3) is 5.87. The Morgan fingerprint density at radius 3 is 2.54 bits per heavy atom. The van der Waals surface area contributed by atoms with Gasteiger partial charge in [0, 0.05) is 31.4 Å². The molecule has 1 N–H and O–H groups in total. The first-order valence-electron chi connectivity index (χ1n) is 11.3. The lowest BCUT2D eigenvalue weighted by atomic mass is 10.2. The number of pyridine rings is 1. The van der Waals surface area contributed by atoms with Crippen LogP contribution in [0.1, 0.15) is 15.9 Å². The number of hydrogen-bond donors (Lipinski definition) is 1. The molecule has 0 saturated carbocycles. The molecule has 1 aliphatic heterocycles. The van der Waals surface area contributed by atoms with Gasteiger partial charge in [0.2, 0.25) is 0 Å². The van der Waals surface area contributed by atoms with Gasteiger partial charge in [-0.3, -0.25) is 9.10 Å². The van der Waals surface area contributed by atoms with E-state index in [1.165, 1.54) is 22.5 Å². The second kappa shape index (κ2) is 11.2. The zero-order chi connectivity index (χ0) is 24.7. The molecule has 2 aromatic carbocycles. The van der Waals surface area contributed by atoms with Crippen LogP contribution in [-0.4, -0.2) is 52.2 Å². The van der Waals surface area contributed by atoms with E-state index in [0.29, 0.717) is 18.9 Å². The summed E-state index contributed by atoms with van der Waals surface area (Å²) in [7, 11) is -3.90. The van der Waals surface area contributed by atoms with Crippen molar-refractivity contribution < 1.29 is 17.9 Å². The lowest BCUT2D eigenvalue weighted by Crippen LogP contribution is -2.36. The van der Waals surface area contributed by atoms with Crippen LogP contribution in [0.4, 0.5) is 11.5 Å². The van der Waals surface area contributed by atoms with Crippen molar-refractivity contribution in [2.45, 2.75) is 11.4 Å². The number of nitrogens with one attached hydrogen (secondary N) is 1. The van der Waals surface area contributed by atoms with Gasteiger partial charge in [0.15, 0.2) is 0 Å². The number of morpholine rings is 1. The highest BCUT2D eigenvalue weighted by Gasteiger charge is 2.25. The Balaban J connectivity index is 1.45. The maximum absolute atomic E-state index is 13.4. The summed E-state index contributed by atoms with van der Waals surface area (Å²) in [6, 6.07) is 18.7. The summed E-state index contributed by atoms with van der Waals surface area (Å²) in [4.78, 5) is 19.5. The second-order valence-corrected chi connectivity index (χ2v) is 9.86. The maximum atomic E-state index is 13.4. The number of benzene rings is 2. The van der Waals surface area contributed by atoms with Gasteiger partial charge in [-0.1, -0.05) is 36.4 Å². The normalized spacial score (nSPS) is 13.8. The number of nitrogens with zero attached hydrogens (tertiary/aromatic N) is 3. The molecule has 0 radical (unpaired) electrons. The highest BCUT2D eigenvalue weighted by molar-refractivity contribution is 7.92. The standard InChI is InChI=1S/C26H28N4O4S/c1-2-13-30(23-8-4-3-5-9-23)35(32,33)24-10-6-7-22(18-24)26(31)28-20-21-11-12-25(27-19-21)29-14-16-34-17-15-29/h2-12,18-19H,1,13-17,20H2,(H,28,31). The van der Waals surface area contributed by atoms with Crippen LogP contribution >= 0.6 is 0 Å². The van der Waals surface area contributed by atoms with Gasteiger partial charge in [-0.25, -0.2) is 13.4 Å². The Morgan fingerprint density at radius 2 is 1.86 bits per heavy atom. The fraction of sp³-hybridized carbons (Fsp3) is 0.231. The van der Waals surface area contributed by atoms with Crippen LogP contribution in [0.15, 0.2) is 90.5 Å². The molecule has 1 aromatic heterocycles. The van der Waals surface area contributed by atoms with Gasteiger partial charge >= 0.3 is 0 Å². The summed E-state index contributed by atoms with van der Waals surface area (Å²) >= 11 is 0. The van der Waals surface area contributed by atoms with Crippen molar-refractivity contribution in [2.75, 3.05) is 42.1 Å². The van der Waals surface area contributed by atoms with Crippen molar-refractivity contribution in [2.24, 2.45) is 0 Å². The molecule has 9 heteroatoms. The molecule has 2 heterocycles. The van der Waals surface area contributed by atoms with Crippen LogP contribution in [0.3, 0.4) is 0 Å². The molecule has 1 fully saturated rings. The molecule has 182 valence electrons. The van der Waals surface area contributed by atoms with Gasteiger partial charge in [0.1, 0.15) is 5.82 Å². The Kier molecular flexibility index (Phi) is 7.79. The van der Waals surface area contributed by atoms with Gasteiger partial charge in [-0.2, -0.15) is 0 Å². The third-order valence-corrected chi connectivity index (χ3v) is 7.41. The average Bonchev–Trinajstić information content (AvgIpc) is 2.91. The van der Waals surface area contributed by atoms with Crippen LogP contribution in [0, 0.1) is 0 Å². The van der Waals surface area contributed by atoms with E-state index in [0.717, 1.165) is 24.5 Å². The van der Waals surface area contributed by atoms with Gasteiger partial charge < -0.3 is 15.0 Å². The molecule has 0 aliphatic carbocycles. The monoisotopic (exact) mass is 492 g/mol. The zero-order valence-electron chi connectivity index (χ0n) is 19.3. The largest absolute Gasteiger partial charge is 0.378 e. The first-order valence-corrected chi connectivity index (χ1v) is 12.8. The predicted molar refractivity (Wildman–Crippen MR) is 136 cm³/mol. The van der Waals surface area contributed by atoms with Gasteiger partial charge in [0.05, 0.1) is 30.3 Å². The van der Waals surface area contributed by atoms with Crippen LogP contribution in [0.25, 0.3) is 0 Å². The average molecular weight is 493 g/mol. The number of hydrogen-bond acceptors (Lipinski definition) is 6. The number of anilines is 2. The summed E-state index contributed by atoms with van der Waals surface area (Å²) in [5, 5.41) is 2.84. The predicted octanol–water partition coefficient (Wildman–Crippen LogP) is 3.23. The van der Waals surface area contributed by atoms with Crippen molar-refractivity contribution in [1.29, 1.82) is 0 Å². The quantitative estimate of drug-likeness (QED) is 0.461. The summed E-state index contributed by atoms with van der Waals surface area (Å²) in [5.41, 5.74) is 1.63. The number of sulfonamides is 1. The van der Waals surface area contributed by atoms with Crippen LogP contribution in [0.2, 0.25) is 0 Å². The summed E-state index contributed by atoms with van der Waals surface area (Å²) in [6.45, 7) is 7.04. The highest BCUT2D eigenvalue weighted by Crippen LogP contribution is 2.24. The van der Waals surface area contributed by atoms with E-state index < -0.39 is 10.0 Å². The minimum Gasteiger partial charge on any atom is -0.378 e. The van der Waals surface area contributed by atoms with E-state index in [4.69, 9.17) is 4.74 Å². The van der Waals surface area contributed by atoms with Gasteiger partial charge in [-0.15, -0.1) is 6.58 Å². The van der Waals surface area contributed by atoms with E-state index >= 15 is 0 Å². The second-order valence-electron chi connectivity index (χ2n) is 7.99. The molecule has 0 unspecified atom stereocenters. The van der Waals surface area contributed by atoms with E-state index in [1.807, 2.05) is 18.2 Å². The molecular weight excluding hydrogens is 464 g/mol. The van der Waals surface area contributed by atoms with E-state index in [-0.39, 0.29) is 29.5 Å². The van der Waals surface area contributed by atoms with Gasteiger partial charge in [-0.05, 0) is 42.0 Å². The first-order chi connectivity index (χ1) is 17.0.